The van der Waals surface area contributed by atoms with Crippen LogP contribution in [0.25, 0.3) is 20.5 Å². The lowest BCUT2D eigenvalue weighted by atomic mass is 10.0. The van der Waals surface area contributed by atoms with E-state index in [4.69, 9.17) is 15.9 Å². The maximum atomic E-state index is 7.39. The number of benzene rings is 1. The zero-order valence-corrected chi connectivity index (χ0v) is 20.8. The molecule has 0 amide bonds. The van der Waals surface area contributed by atoms with E-state index in [0.29, 0.717) is 11.8 Å². The SMILES string of the molecule is C=C(/C=C/CNC)N1CCC(c2cc(-c3cc4cc(C)cc(OC)c4s3)c(/C(N)=N\C=N)[nH]2)C1. The first-order valence-electron chi connectivity index (χ1n) is 11.3. The molecule has 1 atom stereocenters. The van der Waals surface area contributed by atoms with E-state index in [0.717, 1.165) is 81.3 Å². The molecule has 1 unspecified atom stereocenters. The third-order valence-electron chi connectivity index (χ3n) is 6.18. The van der Waals surface area contributed by atoms with E-state index < -0.39 is 0 Å². The zero-order chi connectivity index (χ0) is 24.2. The molecule has 7 nitrogen and oxygen atoms in total. The molecule has 3 heterocycles. The van der Waals surface area contributed by atoms with Gasteiger partial charge in [0.15, 0.2) is 0 Å². The lowest BCUT2D eigenvalue weighted by molar-refractivity contribution is 0.420. The Morgan fingerprint density at radius 2 is 2.24 bits per heavy atom. The second-order valence-corrected chi connectivity index (χ2v) is 9.59. The maximum Gasteiger partial charge on any atom is 0.149 e. The number of aromatic nitrogens is 1. The second-order valence-electron chi connectivity index (χ2n) is 8.54. The van der Waals surface area contributed by atoms with Crippen molar-refractivity contribution in [2.45, 2.75) is 19.3 Å². The van der Waals surface area contributed by atoms with Gasteiger partial charge in [-0.25, -0.2) is 4.99 Å². The molecular weight excluding hydrogens is 444 g/mol. The summed E-state index contributed by atoms with van der Waals surface area (Å²) in [6, 6.07) is 8.60. The fourth-order valence-electron chi connectivity index (χ4n) is 4.47. The van der Waals surface area contributed by atoms with Gasteiger partial charge in [-0.2, -0.15) is 0 Å². The number of ether oxygens (including phenoxy) is 1. The first kappa shape index (κ1) is 23.8. The maximum absolute atomic E-state index is 7.39. The van der Waals surface area contributed by atoms with Gasteiger partial charge in [-0.05, 0) is 55.6 Å². The van der Waals surface area contributed by atoms with Crippen LogP contribution in [0.15, 0.2) is 53.7 Å². The number of nitrogens with zero attached hydrogens (tertiary/aromatic N) is 2. The number of amidine groups is 1. The highest BCUT2D eigenvalue weighted by atomic mass is 32.1. The smallest absolute Gasteiger partial charge is 0.149 e. The van der Waals surface area contributed by atoms with E-state index in [1.54, 1.807) is 18.4 Å². The minimum Gasteiger partial charge on any atom is -0.495 e. The van der Waals surface area contributed by atoms with Gasteiger partial charge in [-0.1, -0.05) is 18.7 Å². The van der Waals surface area contributed by atoms with Gasteiger partial charge in [-0.15, -0.1) is 11.3 Å². The number of hydrogen-bond acceptors (Lipinski definition) is 5. The average molecular weight is 477 g/mol. The number of aromatic amines is 1. The first-order valence-corrected chi connectivity index (χ1v) is 12.2. The van der Waals surface area contributed by atoms with Crippen molar-refractivity contribution in [3.8, 4) is 16.2 Å². The summed E-state index contributed by atoms with van der Waals surface area (Å²) in [5.74, 6) is 1.52. The van der Waals surface area contributed by atoms with Gasteiger partial charge in [0.2, 0.25) is 0 Å². The Kier molecular flexibility index (Phi) is 7.19. The number of likely N-dealkylation sites (tertiary alicyclic amines) is 1. The number of H-pyrrole nitrogens is 1. The number of rotatable bonds is 9. The van der Waals surface area contributed by atoms with Crippen molar-refractivity contribution in [2.75, 3.05) is 33.8 Å². The third kappa shape index (κ3) is 4.78. The Bertz CT molecular complexity index is 1270. The Labute approximate surface area is 204 Å². The molecule has 178 valence electrons. The molecule has 1 fully saturated rings. The molecule has 0 aliphatic carbocycles. The Balaban J connectivity index is 1.69. The van der Waals surface area contributed by atoms with Crippen LogP contribution in [0.5, 0.6) is 5.75 Å². The van der Waals surface area contributed by atoms with Crippen LogP contribution in [0.1, 0.15) is 29.3 Å². The molecule has 0 radical (unpaired) electrons. The summed E-state index contributed by atoms with van der Waals surface area (Å²) < 4.78 is 6.74. The zero-order valence-electron chi connectivity index (χ0n) is 19.9. The van der Waals surface area contributed by atoms with Crippen LogP contribution in [-0.4, -0.2) is 55.8 Å². The molecule has 8 heteroatoms. The number of nitrogens with one attached hydrogen (secondary N) is 3. The Hall–Kier alpha value is -3.36. The van der Waals surface area contributed by atoms with Crippen molar-refractivity contribution in [3.05, 3.63) is 65.6 Å². The molecule has 4 rings (SSSR count). The topological polar surface area (TPSA) is 103 Å². The number of thiophene rings is 1. The molecule has 3 aromatic rings. The molecule has 1 saturated heterocycles. The van der Waals surface area contributed by atoms with Crippen LogP contribution in [0.4, 0.5) is 0 Å². The quantitative estimate of drug-likeness (QED) is 0.206. The molecule has 0 spiro atoms. The van der Waals surface area contributed by atoms with Gasteiger partial charge < -0.3 is 25.7 Å². The lowest BCUT2D eigenvalue weighted by Crippen LogP contribution is -2.18. The van der Waals surface area contributed by atoms with E-state index in [-0.39, 0.29) is 0 Å². The predicted molar refractivity (Wildman–Crippen MR) is 144 cm³/mol. The van der Waals surface area contributed by atoms with E-state index in [2.05, 4.69) is 70.1 Å². The van der Waals surface area contributed by atoms with Crippen molar-refractivity contribution in [3.63, 3.8) is 0 Å². The van der Waals surface area contributed by atoms with Crippen LogP contribution < -0.4 is 15.8 Å². The third-order valence-corrected chi connectivity index (χ3v) is 7.38. The fourth-order valence-corrected chi connectivity index (χ4v) is 5.62. The van der Waals surface area contributed by atoms with Crippen LogP contribution >= 0.6 is 11.3 Å². The Morgan fingerprint density at radius 3 is 2.97 bits per heavy atom. The van der Waals surface area contributed by atoms with E-state index in [1.807, 2.05) is 7.05 Å². The normalized spacial score (nSPS) is 16.6. The molecule has 1 aromatic carbocycles. The monoisotopic (exact) mass is 476 g/mol. The summed E-state index contributed by atoms with van der Waals surface area (Å²) in [5, 5.41) is 11.7. The van der Waals surface area contributed by atoms with Crippen molar-refractivity contribution in [1.82, 2.24) is 15.2 Å². The number of nitrogens with two attached hydrogens (primary N) is 1. The number of hydrogen-bond donors (Lipinski definition) is 4. The van der Waals surface area contributed by atoms with Crippen molar-refractivity contribution < 1.29 is 4.74 Å². The van der Waals surface area contributed by atoms with Crippen LogP contribution in [-0.2, 0) is 0 Å². The van der Waals surface area contributed by atoms with Crippen molar-refractivity contribution in [2.24, 2.45) is 10.7 Å². The number of aliphatic imine (C=N–C) groups is 1. The number of methoxy groups -OCH3 is 1. The van der Waals surface area contributed by atoms with Crippen molar-refractivity contribution in [1.29, 1.82) is 5.41 Å². The van der Waals surface area contributed by atoms with Gasteiger partial charge in [-0.3, -0.25) is 5.41 Å². The summed E-state index contributed by atoms with van der Waals surface area (Å²) in [6.45, 7) is 8.98. The lowest BCUT2D eigenvalue weighted by Gasteiger charge is -2.18. The van der Waals surface area contributed by atoms with Gasteiger partial charge >= 0.3 is 0 Å². The van der Waals surface area contributed by atoms with Gasteiger partial charge in [0, 0.05) is 47.4 Å². The number of likely N-dealkylation sites (N-methyl/N-ethyl adjacent to an activating group) is 1. The average Bonchev–Trinajstić information content (AvgIpc) is 3.55. The molecule has 34 heavy (non-hydrogen) atoms. The van der Waals surface area contributed by atoms with Gasteiger partial charge in [0.1, 0.15) is 17.9 Å². The molecule has 1 aliphatic heterocycles. The van der Waals surface area contributed by atoms with E-state index in [1.165, 1.54) is 0 Å². The van der Waals surface area contributed by atoms with E-state index >= 15 is 0 Å². The molecule has 0 saturated carbocycles. The first-order chi connectivity index (χ1) is 16.4. The van der Waals surface area contributed by atoms with Crippen LogP contribution in [0, 0.1) is 12.3 Å². The molecule has 0 bridgehead atoms. The number of fused-ring (bicyclic) bond motifs is 1. The number of aryl methyl sites for hydroxylation is 1. The largest absolute Gasteiger partial charge is 0.495 e. The summed E-state index contributed by atoms with van der Waals surface area (Å²) >= 11 is 1.68. The highest BCUT2D eigenvalue weighted by Crippen LogP contribution is 2.42. The fraction of sp³-hybridized carbons (Fsp3) is 0.308. The standard InChI is InChI=1S/C26H32N6OS/c1-16-10-19-12-23(34-25(19)22(11-16)33-4)20-13-21(31-24(20)26(28)30-15-27)18-7-9-32(14-18)17(2)6-5-8-29-3/h5-6,10-13,15,18,29,31H,2,7-9,14H2,1,3-4H3,(H3,27,28,30)/b6-5+. The highest BCUT2D eigenvalue weighted by molar-refractivity contribution is 7.22. The van der Waals surface area contributed by atoms with Crippen LogP contribution in [0.3, 0.4) is 0 Å². The summed E-state index contributed by atoms with van der Waals surface area (Å²) in [4.78, 5) is 11.0. The minimum absolute atomic E-state index is 0.311. The van der Waals surface area contributed by atoms with Crippen LogP contribution in [0.2, 0.25) is 0 Å². The number of allylic oxidation sites excluding steroid dienone is 1. The van der Waals surface area contributed by atoms with Gasteiger partial charge in [0.25, 0.3) is 0 Å². The Morgan fingerprint density at radius 1 is 1.41 bits per heavy atom. The van der Waals surface area contributed by atoms with Crippen molar-refractivity contribution >= 4 is 33.6 Å². The van der Waals surface area contributed by atoms with E-state index in [9.17, 15) is 0 Å². The summed E-state index contributed by atoms with van der Waals surface area (Å²) in [6.07, 6.45) is 6.17. The summed E-state index contributed by atoms with van der Waals surface area (Å²) in [7, 11) is 3.64. The molecule has 2 aromatic heterocycles. The minimum atomic E-state index is 0.311. The predicted octanol–water partition coefficient (Wildman–Crippen LogP) is 4.60. The summed E-state index contributed by atoms with van der Waals surface area (Å²) in [5.41, 5.74) is 11.4. The second kappa shape index (κ2) is 10.3. The molecule has 5 N–H and O–H groups in total. The van der Waals surface area contributed by atoms with Gasteiger partial charge in [0.05, 0.1) is 17.5 Å². The molecule has 1 aliphatic rings. The highest BCUT2D eigenvalue weighted by Gasteiger charge is 2.27. The molecular formula is C26H32N6OS.